The average Bonchev–Trinajstić information content (AvgIpc) is 3.23. The molecule has 0 aromatic heterocycles. The van der Waals surface area contributed by atoms with E-state index in [-0.39, 0.29) is 11.8 Å². The Balaban J connectivity index is 1.80. The third kappa shape index (κ3) is 3.74. The highest BCUT2D eigenvalue weighted by Gasteiger charge is 2.43. The fourth-order valence-electron chi connectivity index (χ4n) is 3.65. The number of methoxy groups -OCH3 is 2. The van der Waals surface area contributed by atoms with Crippen molar-refractivity contribution in [3.05, 3.63) is 59.7 Å². The van der Waals surface area contributed by atoms with Gasteiger partial charge in [-0.05, 0) is 42.7 Å². The van der Waals surface area contributed by atoms with Gasteiger partial charge in [-0.15, -0.1) is 0 Å². The lowest BCUT2D eigenvalue weighted by Gasteiger charge is -2.29. The van der Waals surface area contributed by atoms with Crippen LogP contribution in [0.1, 0.15) is 41.6 Å². The number of nitrogens with one attached hydrogen (secondary N) is 2. The monoisotopic (exact) mass is 368 g/mol. The van der Waals surface area contributed by atoms with Crippen LogP contribution in [-0.4, -0.2) is 26.0 Å². The number of rotatable bonds is 5. The van der Waals surface area contributed by atoms with Gasteiger partial charge in [-0.25, -0.2) is 0 Å². The molecule has 2 aromatic carbocycles. The Bertz CT molecular complexity index is 814. The first-order valence-corrected chi connectivity index (χ1v) is 8.99. The zero-order chi connectivity index (χ0) is 19.3. The van der Waals surface area contributed by atoms with Gasteiger partial charge in [-0.3, -0.25) is 20.4 Å². The van der Waals surface area contributed by atoms with Crippen molar-refractivity contribution in [2.24, 2.45) is 0 Å². The molecule has 2 aromatic rings. The molecule has 0 heterocycles. The molecule has 0 unspecified atom stereocenters. The van der Waals surface area contributed by atoms with Crippen LogP contribution >= 0.6 is 0 Å². The predicted octanol–water partition coefficient (Wildman–Crippen LogP) is 2.98. The van der Waals surface area contributed by atoms with Gasteiger partial charge in [0.1, 0.15) is 0 Å². The molecule has 1 aliphatic rings. The third-order valence-corrected chi connectivity index (χ3v) is 5.15. The minimum atomic E-state index is -0.691. The maximum absolute atomic E-state index is 13.1. The minimum absolute atomic E-state index is 0.212. The smallest absolute Gasteiger partial charge is 0.269 e. The van der Waals surface area contributed by atoms with Crippen molar-refractivity contribution in [3.8, 4) is 11.5 Å². The van der Waals surface area contributed by atoms with Crippen molar-refractivity contribution < 1.29 is 19.1 Å². The molecule has 0 aliphatic heterocycles. The summed E-state index contributed by atoms with van der Waals surface area (Å²) in [7, 11) is 3.15. The van der Waals surface area contributed by atoms with Gasteiger partial charge in [0.2, 0.25) is 5.91 Å². The molecule has 27 heavy (non-hydrogen) atoms. The summed E-state index contributed by atoms with van der Waals surface area (Å²) in [6.45, 7) is 0. The van der Waals surface area contributed by atoms with Crippen molar-refractivity contribution in [3.63, 3.8) is 0 Å². The van der Waals surface area contributed by atoms with Crippen molar-refractivity contribution in [2.45, 2.75) is 31.1 Å². The van der Waals surface area contributed by atoms with Gasteiger partial charge in [0, 0.05) is 5.56 Å². The number of ether oxygens (including phenoxy) is 2. The molecule has 0 saturated heterocycles. The number of hydrazine groups is 1. The number of benzene rings is 2. The van der Waals surface area contributed by atoms with Gasteiger partial charge in [-0.2, -0.15) is 0 Å². The van der Waals surface area contributed by atoms with E-state index in [9.17, 15) is 9.59 Å². The van der Waals surface area contributed by atoms with Crippen LogP contribution in [0.5, 0.6) is 11.5 Å². The van der Waals surface area contributed by atoms with Crippen LogP contribution < -0.4 is 20.3 Å². The second kappa shape index (κ2) is 8.12. The molecule has 142 valence electrons. The Morgan fingerprint density at radius 2 is 1.56 bits per heavy atom. The first-order valence-electron chi connectivity index (χ1n) is 8.99. The van der Waals surface area contributed by atoms with Crippen molar-refractivity contribution in [2.75, 3.05) is 14.2 Å². The number of hydrogen-bond donors (Lipinski definition) is 2. The SMILES string of the molecule is COc1ccc(C2(C(=O)NNC(=O)c3ccccc3)CCCC2)cc1OC. The number of carbonyl (C=O) groups is 2. The van der Waals surface area contributed by atoms with Crippen molar-refractivity contribution >= 4 is 11.8 Å². The Hall–Kier alpha value is -3.02. The van der Waals surface area contributed by atoms with Crippen LogP contribution in [0.3, 0.4) is 0 Å². The second-order valence-corrected chi connectivity index (χ2v) is 6.63. The molecular weight excluding hydrogens is 344 g/mol. The number of amides is 2. The van der Waals surface area contributed by atoms with Crippen LogP contribution in [0.4, 0.5) is 0 Å². The summed E-state index contributed by atoms with van der Waals surface area (Å²) in [4.78, 5) is 25.3. The van der Waals surface area contributed by atoms with E-state index in [1.807, 2.05) is 24.3 Å². The maximum Gasteiger partial charge on any atom is 0.269 e. The molecule has 6 nitrogen and oxygen atoms in total. The van der Waals surface area contributed by atoms with E-state index >= 15 is 0 Å². The largest absolute Gasteiger partial charge is 0.493 e. The van der Waals surface area contributed by atoms with Crippen LogP contribution in [-0.2, 0) is 10.2 Å². The lowest BCUT2D eigenvalue weighted by atomic mass is 9.78. The highest BCUT2D eigenvalue weighted by atomic mass is 16.5. The molecule has 0 atom stereocenters. The number of hydrogen-bond acceptors (Lipinski definition) is 4. The molecule has 3 rings (SSSR count). The van der Waals surface area contributed by atoms with E-state index in [1.165, 1.54) is 0 Å². The number of carbonyl (C=O) groups excluding carboxylic acids is 2. The lowest BCUT2D eigenvalue weighted by Crippen LogP contribution is -2.50. The summed E-state index contributed by atoms with van der Waals surface area (Å²) < 4.78 is 10.7. The van der Waals surface area contributed by atoms with Gasteiger partial charge in [0.25, 0.3) is 5.91 Å². The average molecular weight is 368 g/mol. The summed E-state index contributed by atoms with van der Waals surface area (Å²) in [5.74, 6) is 0.649. The van der Waals surface area contributed by atoms with Crippen molar-refractivity contribution in [1.82, 2.24) is 10.9 Å². The van der Waals surface area contributed by atoms with Gasteiger partial charge in [0.05, 0.1) is 19.6 Å². The Morgan fingerprint density at radius 1 is 0.889 bits per heavy atom. The third-order valence-electron chi connectivity index (χ3n) is 5.15. The predicted molar refractivity (Wildman–Crippen MR) is 102 cm³/mol. The van der Waals surface area contributed by atoms with Crippen LogP contribution in [0.15, 0.2) is 48.5 Å². The van der Waals surface area contributed by atoms with Crippen LogP contribution in [0.2, 0.25) is 0 Å². The normalized spacial score (nSPS) is 15.0. The van der Waals surface area contributed by atoms with E-state index in [0.29, 0.717) is 17.1 Å². The first kappa shape index (κ1) is 18.8. The quantitative estimate of drug-likeness (QED) is 0.796. The lowest BCUT2D eigenvalue weighted by molar-refractivity contribution is -0.127. The molecule has 0 bridgehead atoms. The fourth-order valence-corrected chi connectivity index (χ4v) is 3.65. The molecule has 1 aliphatic carbocycles. The fraction of sp³-hybridized carbons (Fsp3) is 0.333. The molecule has 0 spiro atoms. The van der Waals surface area contributed by atoms with Gasteiger partial charge in [-0.1, -0.05) is 37.1 Å². The first-order chi connectivity index (χ1) is 13.1. The summed E-state index contributed by atoms with van der Waals surface area (Å²) in [5.41, 5.74) is 5.81. The summed E-state index contributed by atoms with van der Waals surface area (Å²) in [6.07, 6.45) is 3.34. The second-order valence-electron chi connectivity index (χ2n) is 6.63. The maximum atomic E-state index is 13.1. The molecule has 1 fully saturated rings. The van der Waals surface area contributed by atoms with E-state index in [0.717, 1.165) is 31.2 Å². The molecule has 2 N–H and O–H groups in total. The standard InChI is InChI=1S/C21H24N2O4/c1-26-17-11-10-16(14-18(17)27-2)21(12-6-7-13-21)20(25)23-22-19(24)15-8-4-3-5-9-15/h3-5,8-11,14H,6-7,12-13H2,1-2H3,(H,22,24)(H,23,25). The Kier molecular flexibility index (Phi) is 5.64. The summed E-state index contributed by atoms with van der Waals surface area (Å²) >= 11 is 0. The molecule has 1 saturated carbocycles. The highest BCUT2D eigenvalue weighted by molar-refractivity contribution is 5.97. The van der Waals surface area contributed by atoms with Gasteiger partial charge < -0.3 is 9.47 Å². The molecular formula is C21H24N2O4. The Labute approximate surface area is 158 Å². The van der Waals surface area contributed by atoms with E-state index in [4.69, 9.17) is 9.47 Å². The van der Waals surface area contributed by atoms with E-state index in [2.05, 4.69) is 10.9 Å². The van der Waals surface area contributed by atoms with E-state index in [1.54, 1.807) is 38.5 Å². The van der Waals surface area contributed by atoms with Gasteiger partial charge in [0.15, 0.2) is 11.5 Å². The zero-order valence-corrected chi connectivity index (χ0v) is 15.6. The summed E-state index contributed by atoms with van der Waals surface area (Å²) in [5, 5.41) is 0. The van der Waals surface area contributed by atoms with Crippen LogP contribution in [0, 0.1) is 0 Å². The topological polar surface area (TPSA) is 76.7 Å². The van der Waals surface area contributed by atoms with Gasteiger partial charge >= 0.3 is 0 Å². The zero-order valence-electron chi connectivity index (χ0n) is 15.6. The molecule has 2 amide bonds. The van der Waals surface area contributed by atoms with Crippen LogP contribution in [0.25, 0.3) is 0 Å². The molecule has 6 heteroatoms. The molecule has 0 radical (unpaired) electrons. The Morgan fingerprint density at radius 3 is 2.19 bits per heavy atom. The minimum Gasteiger partial charge on any atom is -0.493 e. The van der Waals surface area contributed by atoms with Crippen molar-refractivity contribution in [1.29, 1.82) is 0 Å². The highest BCUT2D eigenvalue weighted by Crippen LogP contribution is 2.43. The van der Waals surface area contributed by atoms with E-state index < -0.39 is 5.41 Å². The summed E-state index contributed by atoms with van der Waals surface area (Å²) in [6, 6.07) is 14.3.